The topological polar surface area (TPSA) is 72.9 Å². The Morgan fingerprint density at radius 3 is 2.74 bits per heavy atom. The summed E-state index contributed by atoms with van der Waals surface area (Å²) in [5.74, 6) is -3.35. The molecule has 0 aliphatic carbocycles. The van der Waals surface area contributed by atoms with E-state index >= 15 is 0 Å². The molecule has 2 amide bonds. The van der Waals surface area contributed by atoms with Crippen LogP contribution in [0.5, 0.6) is 0 Å². The highest BCUT2D eigenvalue weighted by molar-refractivity contribution is 6.23. The number of anilines is 1. The van der Waals surface area contributed by atoms with Crippen molar-refractivity contribution in [2.24, 2.45) is 11.8 Å². The molecular weight excluding hydrogens is 367 g/mol. The molecule has 4 rings (SSSR count). The van der Waals surface area contributed by atoms with Crippen LogP contribution in [0.15, 0.2) is 24.3 Å². The first kappa shape index (κ1) is 18.0. The number of alkyl halides is 3. The molecule has 0 N–H and O–H groups in total. The van der Waals surface area contributed by atoms with E-state index in [1.54, 1.807) is 0 Å². The summed E-state index contributed by atoms with van der Waals surface area (Å²) in [5, 5.41) is 0. The van der Waals surface area contributed by atoms with Crippen LogP contribution in [0.3, 0.4) is 0 Å². The van der Waals surface area contributed by atoms with E-state index in [4.69, 9.17) is 9.47 Å². The molecule has 2 unspecified atom stereocenters. The summed E-state index contributed by atoms with van der Waals surface area (Å²) in [6, 6.07) is 4.13. The standard InChI is InChI=1S/C18H16F3NO5/c1-9(23)26-8-17-6-5-12(27-17)13-14(17)16(25)22(15(13)24)11-4-2-3-10(7-11)18(19,20)21/h2-4,7,12-14H,5-6,8H2,1H3/t12?,13-,14+,17?/m0/s1. The Morgan fingerprint density at radius 2 is 2.07 bits per heavy atom. The molecule has 1 aromatic rings. The number of carbonyl (C=O) groups is 3. The van der Waals surface area contributed by atoms with Gasteiger partial charge in [0, 0.05) is 6.92 Å². The Labute approximate surface area is 152 Å². The average molecular weight is 383 g/mol. The number of rotatable bonds is 3. The molecule has 27 heavy (non-hydrogen) atoms. The van der Waals surface area contributed by atoms with Gasteiger partial charge >= 0.3 is 12.1 Å². The zero-order valence-electron chi connectivity index (χ0n) is 14.3. The largest absolute Gasteiger partial charge is 0.463 e. The molecule has 3 fully saturated rings. The Morgan fingerprint density at radius 1 is 1.33 bits per heavy atom. The Kier molecular flexibility index (Phi) is 3.85. The van der Waals surface area contributed by atoms with Crippen molar-refractivity contribution in [1.29, 1.82) is 0 Å². The number of nitrogens with zero attached hydrogens (tertiary/aromatic N) is 1. The molecule has 0 spiro atoms. The van der Waals surface area contributed by atoms with Crippen LogP contribution < -0.4 is 4.90 Å². The number of imide groups is 1. The van der Waals surface area contributed by atoms with Gasteiger partial charge < -0.3 is 9.47 Å². The average Bonchev–Trinajstić information content (AvgIpc) is 3.23. The molecular formula is C18H16F3NO5. The molecule has 3 saturated heterocycles. The van der Waals surface area contributed by atoms with E-state index < -0.39 is 53.1 Å². The Bertz CT molecular complexity index is 839. The van der Waals surface area contributed by atoms with Gasteiger partial charge in [-0.3, -0.25) is 14.4 Å². The van der Waals surface area contributed by atoms with Crippen LogP contribution in [0.1, 0.15) is 25.3 Å². The molecule has 2 bridgehead atoms. The van der Waals surface area contributed by atoms with Crippen LogP contribution in [0.25, 0.3) is 0 Å². The van der Waals surface area contributed by atoms with Gasteiger partial charge in [0.25, 0.3) is 0 Å². The smallest absolute Gasteiger partial charge is 0.416 e. The van der Waals surface area contributed by atoms with Gasteiger partial charge in [0.05, 0.1) is 29.2 Å². The lowest BCUT2D eigenvalue weighted by molar-refractivity contribution is -0.153. The van der Waals surface area contributed by atoms with E-state index in [0.717, 1.165) is 23.1 Å². The molecule has 144 valence electrons. The van der Waals surface area contributed by atoms with Gasteiger partial charge in [0.15, 0.2) is 0 Å². The van der Waals surface area contributed by atoms with Crippen LogP contribution in [-0.2, 0) is 30.0 Å². The van der Waals surface area contributed by atoms with Crippen LogP contribution in [0.2, 0.25) is 0 Å². The van der Waals surface area contributed by atoms with Crippen LogP contribution in [-0.4, -0.2) is 36.1 Å². The first-order chi connectivity index (χ1) is 12.6. The third-order valence-electron chi connectivity index (χ3n) is 5.51. The number of halogens is 3. The molecule has 1 aromatic carbocycles. The number of amides is 2. The number of ether oxygens (including phenoxy) is 2. The lowest BCUT2D eigenvalue weighted by atomic mass is 9.73. The zero-order valence-corrected chi connectivity index (χ0v) is 14.3. The molecule has 0 saturated carbocycles. The van der Waals surface area contributed by atoms with Crippen molar-refractivity contribution in [1.82, 2.24) is 0 Å². The predicted octanol–water partition coefficient (Wildman–Crippen LogP) is 2.31. The second kappa shape index (κ2) is 5.79. The van der Waals surface area contributed by atoms with Crippen molar-refractivity contribution in [2.75, 3.05) is 11.5 Å². The fourth-order valence-electron chi connectivity index (χ4n) is 4.40. The molecule has 3 heterocycles. The Balaban J connectivity index is 1.68. The summed E-state index contributed by atoms with van der Waals surface area (Å²) in [4.78, 5) is 37.9. The van der Waals surface area contributed by atoms with Gasteiger partial charge in [0.2, 0.25) is 11.8 Å². The van der Waals surface area contributed by atoms with Crippen LogP contribution >= 0.6 is 0 Å². The molecule has 3 aliphatic heterocycles. The fourth-order valence-corrected chi connectivity index (χ4v) is 4.40. The summed E-state index contributed by atoms with van der Waals surface area (Å²) >= 11 is 0. The van der Waals surface area contributed by atoms with E-state index in [0.29, 0.717) is 12.8 Å². The van der Waals surface area contributed by atoms with Crippen LogP contribution in [0.4, 0.5) is 18.9 Å². The van der Waals surface area contributed by atoms with Crippen molar-refractivity contribution < 1.29 is 37.0 Å². The Hall–Kier alpha value is -2.42. The number of benzene rings is 1. The summed E-state index contributed by atoms with van der Waals surface area (Å²) in [6.45, 7) is 1.07. The highest BCUT2D eigenvalue weighted by Crippen LogP contribution is 2.56. The molecule has 0 aromatic heterocycles. The highest BCUT2D eigenvalue weighted by atomic mass is 19.4. The minimum atomic E-state index is -4.59. The van der Waals surface area contributed by atoms with Crippen LogP contribution in [0, 0.1) is 11.8 Å². The first-order valence-corrected chi connectivity index (χ1v) is 8.50. The lowest BCUT2D eigenvalue weighted by Gasteiger charge is -2.30. The van der Waals surface area contributed by atoms with E-state index in [2.05, 4.69) is 0 Å². The lowest BCUT2D eigenvalue weighted by Crippen LogP contribution is -2.45. The summed E-state index contributed by atoms with van der Waals surface area (Å²) in [7, 11) is 0. The number of fused-ring (bicyclic) bond motifs is 5. The number of hydrogen-bond acceptors (Lipinski definition) is 5. The first-order valence-electron chi connectivity index (χ1n) is 8.50. The van der Waals surface area contributed by atoms with E-state index in [1.165, 1.54) is 13.0 Å². The molecule has 6 nitrogen and oxygen atoms in total. The van der Waals surface area contributed by atoms with Gasteiger partial charge in [-0.1, -0.05) is 6.07 Å². The van der Waals surface area contributed by atoms with Gasteiger partial charge in [-0.05, 0) is 31.0 Å². The normalized spacial score (nSPS) is 32.1. The quantitative estimate of drug-likeness (QED) is 0.592. The maximum Gasteiger partial charge on any atom is 0.416 e. The highest BCUT2D eigenvalue weighted by Gasteiger charge is 2.70. The molecule has 4 atom stereocenters. The van der Waals surface area contributed by atoms with Crippen molar-refractivity contribution in [3.63, 3.8) is 0 Å². The number of esters is 1. The maximum atomic E-state index is 13.0. The van der Waals surface area contributed by atoms with Gasteiger partial charge in [-0.2, -0.15) is 13.2 Å². The van der Waals surface area contributed by atoms with Gasteiger partial charge in [0.1, 0.15) is 12.2 Å². The summed E-state index contributed by atoms with van der Waals surface area (Å²) < 4.78 is 49.9. The third-order valence-corrected chi connectivity index (χ3v) is 5.51. The van der Waals surface area contributed by atoms with Gasteiger partial charge in [-0.25, -0.2) is 4.90 Å². The van der Waals surface area contributed by atoms with Crippen molar-refractivity contribution in [3.8, 4) is 0 Å². The minimum absolute atomic E-state index is 0.115. The van der Waals surface area contributed by atoms with Crippen molar-refractivity contribution in [2.45, 2.75) is 37.6 Å². The van der Waals surface area contributed by atoms with Gasteiger partial charge in [-0.15, -0.1) is 0 Å². The monoisotopic (exact) mass is 383 g/mol. The van der Waals surface area contributed by atoms with Crippen molar-refractivity contribution in [3.05, 3.63) is 29.8 Å². The van der Waals surface area contributed by atoms with E-state index in [-0.39, 0.29) is 12.3 Å². The number of carbonyl (C=O) groups excluding carboxylic acids is 3. The molecule has 0 radical (unpaired) electrons. The van der Waals surface area contributed by atoms with E-state index in [9.17, 15) is 27.6 Å². The third kappa shape index (κ3) is 2.63. The summed E-state index contributed by atoms with van der Waals surface area (Å²) in [5.41, 5.74) is -2.15. The second-order valence-corrected chi connectivity index (χ2v) is 7.10. The predicted molar refractivity (Wildman–Crippen MR) is 84.4 cm³/mol. The maximum absolute atomic E-state index is 13.0. The number of hydrogen-bond donors (Lipinski definition) is 0. The zero-order chi connectivity index (χ0) is 19.6. The SMILES string of the molecule is CC(=O)OCC12CCC(O1)[C@@H]1C(=O)N(c3cccc(C(F)(F)F)c3)C(=O)[C@@H]12. The molecule has 3 aliphatic rings. The summed E-state index contributed by atoms with van der Waals surface area (Å²) in [6.07, 6.45) is -4.12. The molecule has 9 heteroatoms. The fraction of sp³-hybridized carbons (Fsp3) is 0.500. The second-order valence-electron chi connectivity index (χ2n) is 7.10. The van der Waals surface area contributed by atoms with E-state index in [1.807, 2.05) is 0 Å². The minimum Gasteiger partial charge on any atom is -0.463 e. The van der Waals surface area contributed by atoms with Crippen molar-refractivity contribution >= 4 is 23.5 Å².